The maximum absolute atomic E-state index is 11.9. The quantitative estimate of drug-likeness (QED) is 0.721. The van der Waals surface area contributed by atoms with Gasteiger partial charge in [-0.1, -0.05) is 29.8 Å². The standard InChI is InChI=1S/C19H27N5O/c1-14-6-5-7-16(12-14)8-9-19(25)21-11-10-20-17-13-18(24(3)4)23-15(2)22-17/h5-7,12-13H,8-11H2,1-4H3,(H,21,25)(H,20,22,23). The van der Waals surface area contributed by atoms with Crippen LogP contribution in [0.4, 0.5) is 11.6 Å². The van der Waals surface area contributed by atoms with E-state index in [1.807, 2.05) is 38.1 Å². The molecule has 0 aliphatic carbocycles. The van der Waals surface area contributed by atoms with Crippen LogP contribution in [0.5, 0.6) is 0 Å². The van der Waals surface area contributed by atoms with Crippen LogP contribution >= 0.6 is 0 Å². The first-order valence-electron chi connectivity index (χ1n) is 8.53. The lowest BCUT2D eigenvalue weighted by molar-refractivity contribution is -0.120. The molecule has 0 unspecified atom stereocenters. The summed E-state index contributed by atoms with van der Waals surface area (Å²) in [6, 6.07) is 10.2. The molecule has 0 aliphatic heterocycles. The lowest BCUT2D eigenvalue weighted by Gasteiger charge is -2.14. The van der Waals surface area contributed by atoms with Gasteiger partial charge in [-0.15, -0.1) is 0 Å². The van der Waals surface area contributed by atoms with Crippen LogP contribution in [0, 0.1) is 13.8 Å². The van der Waals surface area contributed by atoms with E-state index in [1.54, 1.807) is 0 Å². The number of carbonyl (C=O) groups excluding carboxylic acids is 1. The summed E-state index contributed by atoms with van der Waals surface area (Å²) in [6.45, 7) is 5.11. The molecular weight excluding hydrogens is 314 g/mol. The average molecular weight is 341 g/mol. The summed E-state index contributed by atoms with van der Waals surface area (Å²) in [4.78, 5) is 22.6. The molecule has 1 aromatic heterocycles. The van der Waals surface area contributed by atoms with E-state index in [0.29, 0.717) is 19.5 Å². The summed E-state index contributed by atoms with van der Waals surface area (Å²) in [5.74, 6) is 2.41. The van der Waals surface area contributed by atoms with E-state index in [4.69, 9.17) is 0 Å². The first-order valence-corrected chi connectivity index (χ1v) is 8.53. The van der Waals surface area contributed by atoms with E-state index in [9.17, 15) is 4.79 Å². The molecule has 1 aromatic carbocycles. The number of benzene rings is 1. The molecule has 0 fully saturated rings. The molecule has 0 aliphatic rings. The Kier molecular flexibility index (Phi) is 6.74. The summed E-state index contributed by atoms with van der Waals surface area (Å²) in [6.07, 6.45) is 1.26. The van der Waals surface area contributed by atoms with Gasteiger partial charge in [0.05, 0.1) is 0 Å². The summed E-state index contributed by atoms with van der Waals surface area (Å²) >= 11 is 0. The van der Waals surface area contributed by atoms with Crippen molar-refractivity contribution in [3.8, 4) is 0 Å². The van der Waals surface area contributed by atoms with Gasteiger partial charge in [0.25, 0.3) is 0 Å². The minimum absolute atomic E-state index is 0.0659. The predicted octanol–water partition coefficient (Wildman–Crippen LogP) is 2.32. The lowest BCUT2D eigenvalue weighted by atomic mass is 10.1. The summed E-state index contributed by atoms with van der Waals surface area (Å²) in [5, 5.41) is 6.16. The number of nitrogens with zero attached hydrogens (tertiary/aromatic N) is 3. The molecule has 2 rings (SSSR count). The van der Waals surface area contributed by atoms with Crippen molar-refractivity contribution in [2.75, 3.05) is 37.4 Å². The van der Waals surface area contributed by atoms with Gasteiger partial charge in [-0.05, 0) is 25.8 Å². The van der Waals surface area contributed by atoms with Crippen molar-refractivity contribution in [3.63, 3.8) is 0 Å². The molecule has 0 radical (unpaired) electrons. The van der Waals surface area contributed by atoms with Crippen LogP contribution in [-0.4, -0.2) is 43.1 Å². The number of aromatic nitrogens is 2. The Bertz CT molecular complexity index is 715. The Morgan fingerprint density at radius 2 is 1.92 bits per heavy atom. The third kappa shape index (κ3) is 6.41. The van der Waals surface area contributed by atoms with Crippen LogP contribution < -0.4 is 15.5 Å². The first kappa shape index (κ1) is 18.7. The molecule has 0 bridgehead atoms. The van der Waals surface area contributed by atoms with Gasteiger partial charge in [0.1, 0.15) is 17.5 Å². The van der Waals surface area contributed by atoms with Crippen molar-refractivity contribution >= 4 is 17.5 Å². The lowest BCUT2D eigenvalue weighted by Crippen LogP contribution is -2.29. The summed E-state index contributed by atoms with van der Waals surface area (Å²) in [5.41, 5.74) is 2.42. The number of rotatable bonds is 8. The van der Waals surface area contributed by atoms with Gasteiger partial charge in [-0.2, -0.15) is 0 Å². The van der Waals surface area contributed by atoms with Gasteiger partial charge >= 0.3 is 0 Å². The van der Waals surface area contributed by atoms with Gasteiger partial charge in [-0.3, -0.25) is 4.79 Å². The van der Waals surface area contributed by atoms with Crippen LogP contribution in [0.2, 0.25) is 0 Å². The Balaban J connectivity index is 1.71. The predicted molar refractivity (Wildman–Crippen MR) is 102 cm³/mol. The SMILES string of the molecule is Cc1cccc(CCC(=O)NCCNc2cc(N(C)C)nc(C)n2)c1. The van der Waals surface area contributed by atoms with Crippen LogP contribution in [0.15, 0.2) is 30.3 Å². The number of carbonyl (C=O) groups is 1. The van der Waals surface area contributed by atoms with E-state index < -0.39 is 0 Å². The highest BCUT2D eigenvalue weighted by atomic mass is 16.1. The van der Waals surface area contributed by atoms with Gasteiger partial charge in [0.15, 0.2) is 0 Å². The maximum atomic E-state index is 11.9. The Morgan fingerprint density at radius 3 is 2.64 bits per heavy atom. The highest BCUT2D eigenvalue weighted by Gasteiger charge is 2.04. The van der Waals surface area contributed by atoms with Crippen LogP contribution in [0.1, 0.15) is 23.4 Å². The van der Waals surface area contributed by atoms with Gasteiger partial charge in [-0.25, -0.2) is 9.97 Å². The zero-order valence-electron chi connectivity index (χ0n) is 15.5. The second-order valence-corrected chi connectivity index (χ2v) is 6.32. The third-order valence-corrected chi connectivity index (χ3v) is 3.76. The molecule has 6 nitrogen and oxygen atoms in total. The minimum atomic E-state index is 0.0659. The molecule has 0 saturated carbocycles. The monoisotopic (exact) mass is 341 g/mol. The fourth-order valence-corrected chi connectivity index (χ4v) is 2.48. The molecule has 0 saturated heterocycles. The number of amides is 1. The number of hydrogen-bond donors (Lipinski definition) is 2. The number of aryl methyl sites for hydroxylation is 3. The molecule has 2 aromatic rings. The number of nitrogens with one attached hydrogen (secondary N) is 2. The van der Waals surface area contributed by atoms with Crippen molar-refractivity contribution in [2.24, 2.45) is 0 Å². The third-order valence-electron chi connectivity index (χ3n) is 3.76. The van der Waals surface area contributed by atoms with Crippen molar-refractivity contribution < 1.29 is 4.79 Å². The highest BCUT2D eigenvalue weighted by molar-refractivity contribution is 5.76. The summed E-state index contributed by atoms with van der Waals surface area (Å²) in [7, 11) is 3.89. The molecular formula is C19H27N5O. The van der Waals surface area contributed by atoms with E-state index in [1.165, 1.54) is 11.1 Å². The van der Waals surface area contributed by atoms with Crippen LogP contribution in [0.3, 0.4) is 0 Å². The normalized spacial score (nSPS) is 10.4. The van der Waals surface area contributed by atoms with Crippen molar-refractivity contribution in [1.82, 2.24) is 15.3 Å². The van der Waals surface area contributed by atoms with Gasteiger partial charge in [0, 0.05) is 39.7 Å². The minimum Gasteiger partial charge on any atom is -0.368 e. The van der Waals surface area contributed by atoms with E-state index in [2.05, 4.69) is 45.7 Å². The van der Waals surface area contributed by atoms with Crippen molar-refractivity contribution in [2.45, 2.75) is 26.7 Å². The van der Waals surface area contributed by atoms with Crippen molar-refractivity contribution in [3.05, 3.63) is 47.3 Å². The molecule has 0 atom stereocenters. The average Bonchev–Trinajstić information content (AvgIpc) is 2.56. The topological polar surface area (TPSA) is 70.2 Å². The van der Waals surface area contributed by atoms with E-state index >= 15 is 0 Å². The van der Waals surface area contributed by atoms with E-state index in [0.717, 1.165) is 23.9 Å². The molecule has 0 spiro atoms. The molecule has 134 valence electrons. The van der Waals surface area contributed by atoms with Crippen molar-refractivity contribution in [1.29, 1.82) is 0 Å². The number of hydrogen-bond acceptors (Lipinski definition) is 5. The molecule has 6 heteroatoms. The molecule has 1 heterocycles. The summed E-state index contributed by atoms with van der Waals surface area (Å²) < 4.78 is 0. The van der Waals surface area contributed by atoms with E-state index in [-0.39, 0.29) is 5.91 Å². The fourth-order valence-electron chi connectivity index (χ4n) is 2.48. The zero-order chi connectivity index (χ0) is 18.2. The van der Waals surface area contributed by atoms with Gasteiger partial charge in [0.2, 0.25) is 5.91 Å². The Hall–Kier alpha value is -2.63. The Morgan fingerprint density at radius 1 is 1.12 bits per heavy atom. The molecule has 25 heavy (non-hydrogen) atoms. The molecule has 2 N–H and O–H groups in total. The fraction of sp³-hybridized carbons (Fsp3) is 0.421. The highest BCUT2D eigenvalue weighted by Crippen LogP contribution is 2.12. The largest absolute Gasteiger partial charge is 0.368 e. The Labute approximate surface area is 149 Å². The van der Waals surface area contributed by atoms with Crippen LogP contribution in [-0.2, 0) is 11.2 Å². The second-order valence-electron chi connectivity index (χ2n) is 6.32. The van der Waals surface area contributed by atoms with Gasteiger partial charge < -0.3 is 15.5 Å². The zero-order valence-corrected chi connectivity index (χ0v) is 15.5. The first-order chi connectivity index (χ1) is 11.9. The number of anilines is 2. The second kappa shape index (κ2) is 9.01. The molecule has 1 amide bonds. The van der Waals surface area contributed by atoms with Crippen LogP contribution in [0.25, 0.3) is 0 Å². The smallest absolute Gasteiger partial charge is 0.220 e. The maximum Gasteiger partial charge on any atom is 0.220 e.